The van der Waals surface area contributed by atoms with Crippen molar-refractivity contribution in [1.82, 2.24) is 16.0 Å². The molecule has 0 aromatic heterocycles. The zero-order chi connectivity index (χ0) is 13.3. The molecule has 0 spiro atoms. The molecule has 0 rings (SSSR count). The van der Waals surface area contributed by atoms with Gasteiger partial charge in [0, 0.05) is 12.5 Å². The van der Waals surface area contributed by atoms with E-state index in [1.54, 1.807) is 6.92 Å². The average molecular weight is 280 g/mol. The summed E-state index contributed by atoms with van der Waals surface area (Å²) in [7, 11) is 1.85. The molecule has 0 saturated carbocycles. The predicted molar refractivity (Wildman–Crippen MR) is 75.9 cm³/mol. The Bertz CT molecular complexity index is 249. The highest BCUT2D eigenvalue weighted by Crippen LogP contribution is 1.93. The highest BCUT2D eigenvalue weighted by atomic mass is 35.5. The van der Waals surface area contributed by atoms with Crippen LogP contribution in [0.3, 0.4) is 0 Å². The molecule has 108 valence electrons. The van der Waals surface area contributed by atoms with Crippen molar-refractivity contribution in [3.05, 3.63) is 0 Å². The third-order valence-electron chi connectivity index (χ3n) is 2.60. The van der Waals surface area contributed by atoms with E-state index in [9.17, 15) is 9.59 Å². The number of hydrogen-bond donors (Lipinski definition) is 3. The van der Waals surface area contributed by atoms with Crippen LogP contribution in [0.25, 0.3) is 0 Å². The van der Waals surface area contributed by atoms with Gasteiger partial charge < -0.3 is 16.0 Å². The smallest absolute Gasteiger partial charge is 0.242 e. The quantitative estimate of drug-likeness (QED) is 0.577. The Balaban J connectivity index is 0. The lowest BCUT2D eigenvalue weighted by molar-refractivity contribution is -0.129. The van der Waals surface area contributed by atoms with Crippen molar-refractivity contribution in [2.75, 3.05) is 13.6 Å². The van der Waals surface area contributed by atoms with Crippen molar-refractivity contribution in [3.63, 3.8) is 0 Å². The lowest BCUT2D eigenvalue weighted by Gasteiger charge is -2.17. The van der Waals surface area contributed by atoms with Gasteiger partial charge in [-0.25, -0.2) is 0 Å². The first-order valence-electron chi connectivity index (χ1n) is 6.25. The summed E-state index contributed by atoms with van der Waals surface area (Å²) in [5, 5.41) is 8.50. The van der Waals surface area contributed by atoms with Gasteiger partial charge in [-0.15, -0.1) is 12.4 Å². The summed E-state index contributed by atoms with van der Waals surface area (Å²) in [6.45, 7) is 6.46. The monoisotopic (exact) mass is 279 g/mol. The Morgan fingerprint density at radius 1 is 1.17 bits per heavy atom. The third-order valence-corrected chi connectivity index (χ3v) is 2.60. The van der Waals surface area contributed by atoms with Crippen molar-refractivity contribution in [2.24, 2.45) is 0 Å². The Hall–Kier alpha value is -0.810. The van der Waals surface area contributed by atoms with E-state index < -0.39 is 6.04 Å². The maximum absolute atomic E-state index is 11.6. The van der Waals surface area contributed by atoms with Crippen LogP contribution >= 0.6 is 12.4 Å². The summed E-state index contributed by atoms with van der Waals surface area (Å²) >= 11 is 0. The summed E-state index contributed by atoms with van der Waals surface area (Å²) in [6, 6.07) is -0.322. The minimum atomic E-state index is -0.467. The minimum absolute atomic E-state index is 0. The second-order valence-electron chi connectivity index (χ2n) is 4.31. The molecule has 2 amide bonds. The van der Waals surface area contributed by atoms with Gasteiger partial charge in [0.05, 0.1) is 0 Å². The van der Waals surface area contributed by atoms with Crippen molar-refractivity contribution in [2.45, 2.75) is 52.1 Å². The van der Waals surface area contributed by atoms with Crippen molar-refractivity contribution in [1.29, 1.82) is 0 Å². The summed E-state index contributed by atoms with van der Waals surface area (Å²) in [6.07, 6.45) is 2.11. The summed E-state index contributed by atoms with van der Waals surface area (Å²) in [5.41, 5.74) is 0. The van der Waals surface area contributed by atoms with Gasteiger partial charge in [-0.3, -0.25) is 9.59 Å². The fourth-order valence-electron chi connectivity index (χ4n) is 1.27. The van der Waals surface area contributed by atoms with E-state index in [4.69, 9.17) is 0 Å². The standard InChI is InChI=1S/C12H25N3O2.ClH/c1-5-9(2)14-12(17)10(3)15-11(16)7-6-8-13-4;/h9-10,13H,5-8H2,1-4H3,(H,14,17)(H,15,16);1H. The molecule has 6 heteroatoms. The van der Waals surface area contributed by atoms with Crippen molar-refractivity contribution in [3.8, 4) is 0 Å². The van der Waals surface area contributed by atoms with Crippen LogP contribution in [0.5, 0.6) is 0 Å². The van der Waals surface area contributed by atoms with E-state index in [0.717, 1.165) is 19.4 Å². The number of hydrogen-bond acceptors (Lipinski definition) is 3. The summed E-state index contributed by atoms with van der Waals surface area (Å²) in [4.78, 5) is 23.1. The van der Waals surface area contributed by atoms with E-state index in [-0.39, 0.29) is 30.3 Å². The molecule has 0 aliphatic heterocycles. The van der Waals surface area contributed by atoms with E-state index >= 15 is 0 Å². The van der Waals surface area contributed by atoms with Crippen molar-refractivity contribution >= 4 is 24.2 Å². The predicted octanol–water partition coefficient (Wildman–Crippen LogP) is 0.827. The Morgan fingerprint density at radius 2 is 1.78 bits per heavy atom. The van der Waals surface area contributed by atoms with Crippen LogP contribution in [0.4, 0.5) is 0 Å². The van der Waals surface area contributed by atoms with Gasteiger partial charge in [0.25, 0.3) is 0 Å². The first-order valence-corrected chi connectivity index (χ1v) is 6.25. The first kappa shape index (κ1) is 19.5. The fraction of sp³-hybridized carbons (Fsp3) is 0.833. The average Bonchev–Trinajstić information content (AvgIpc) is 2.28. The van der Waals surface area contributed by atoms with Crippen molar-refractivity contribution < 1.29 is 9.59 Å². The maximum Gasteiger partial charge on any atom is 0.242 e. The molecule has 0 bridgehead atoms. The van der Waals surface area contributed by atoms with E-state index in [1.165, 1.54) is 0 Å². The van der Waals surface area contributed by atoms with E-state index in [2.05, 4.69) is 16.0 Å². The van der Waals surface area contributed by atoms with Crippen LogP contribution in [0.2, 0.25) is 0 Å². The molecule has 18 heavy (non-hydrogen) atoms. The molecule has 2 atom stereocenters. The Morgan fingerprint density at radius 3 is 2.28 bits per heavy atom. The molecule has 0 fully saturated rings. The van der Waals surface area contributed by atoms with Gasteiger partial charge in [-0.1, -0.05) is 6.92 Å². The lowest BCUT2D eigenvalue weighted by Crippen LogP contribution is -2.47. The van der Waals surface area contributed by atoms with Crippen LogP contribution in [0.1, 0.15) is 40.0 Å². The van der Waals surface area contributed by atoms with Gasteiger partial charge >= 0.3 is 0 Å². The molecule has 0 aliphatic carbocycles. The van der Waals surface area contributed by atoms with E-state index in [1.807, 2.05) is 20.9 Å². The second kappa shape index (κ2) is 11.3. The van der Waals surface area contributed by atoms with E-state index in [0.29, 0.717) is 6.42 Å². The molecule has 0 aliphatic rings. The summed E-state index contributed by atoms with van der Waals surface area (Å²) < 4.78 is 0. The van der Waals surface area contributed by atoms with Gasteiger partial charge in [-0.05, 0) is 40.3 Å². The van der Waals surface area contributed by atoms with Gasteiger partial charge in [0.1, 0.15) is 6.04 Å². The molecule has 0 aromatic rings. The maximum atomic E-state index is 11.6. The number of carbonyl (C=O) groups excluding carboxylic acids is 2. The van der Waals surface area contributed by atoms with Gasteiger partial charge in [0.2, 0.25) is 11.8 Å². The molecule has 0 heterocycles. The number of rotatable bonds is 8. The molecule has 0 radical (unpaired) electrons. The third kappa shape index (κ3) is 9.24. The molecule has 3 N–H and O–H groups in total. The molecule has 2 unspecified atom stereocenters. The normalized spacial score (nSPS) is 13.1. The fourth-order valence-corrected chi connectivity index (χ4v) is 1.27. The molecular formula is C12H26ClN3O2. The Kier molecular flexibility index (Phi) is 12.2. The SMILES string of the molecule is CCC(C)NC(=O)C(C)NC(=O)CCCNC.Cl. The van der Waals surface area contributed by atoms with Crippen LogP contribution in [-0.2, 0) is 9.59 Å². The molecule has 0 aromatic carbocycles. The lowest BCUT2D eigenvalue weighted by atomic mass is 10.2. The highest BCUT2D eigenvalue weighted by Gasteiger charge is 2.16. The number of carbonyl (C=O) groups is 2. The number of halogens is 1. The number of nitrogens with one attached hydrogen (secondary N) is 3. The number of amides is 2. The van der Waals surface area contributed by atoms with Gasteiger partial charge in [0.15, 0.2) is 0 Å². The largest absolute Gasteiger partial charge is 0.352 e. The van der Waals surface area contributed by atoms with Crippen LogP contribution < -0.4 is 16.0 Å². The Labute approximate surface area is 116 Å². The second-order valence-corrected chi connectivity index (χ2v) is 4.31. The minimum Gasteiger partial charge on any atom is -0.352 e. The zero-order valence-corrected chi connectivity index (χ0v) is 12.5. The van der Waals surface area contributed by atoms with Gasteiger partial charge in [-0.2, -0.15) is 0 Å². The topological polar surface area (TPSA) is 70.2 Å². The molecule has 0 saturated heterocycles. The summed E-state index contributed by atoms with van der Waals surface area (Å²) in [5.74, 6) is -0.201. The van der Waals surface area contributed by atoms with Crippen LogP contribution in [-0.4, -0.2) is 37.5 Å². The van der Waals surface area contributed by atoms with Crippen LogP contribution in [0.15, 0.2) is 0 Å². The zero-order valence-electron chi connectivity index (χ0n) is 11.7. The molecular weight excluding hydrogens is 254 g/mol. The molecule has 5 nitrogen and oxygen atoms in total. The first-order chi connectivity index (χ1) is 8.01. The highest BCUT2D eigenvalue weighted by molar-refractivity contribution is 5.87. The van der Waals surface area contributed by atoms with Crippen LogP contribution in [0, 0.1) is 0 Å².